The highest BCUT2D eigenvalue weighted by atomic mass is 19.4. The van der Waals surface area contributed by atoms with Crippen LogP contribution in [0.15, 0.2) is 24.5 Å². The Morgan fingerprint density at radius 3 is 2.66 bits per heavy atom. The van der Waals surface area contributed by atoms with E-state index >= 15 is 0 Å². The molecular weight excluding hydrogens is 394 g/mol. The van der Waals surface area contributed by atoms with E-state index in [-0.39, 0.29) is 18.0 Å². The van der Waals surface area contributed by atoms with Gasteiger partial charge in [-0.2, -0.15) is 13.2 Å². The number of alkyl halides is 3. The highest BCUT2D eigenvalue weighted by Gasteiger charge is 2.32. The third-order valence-corrected chi connectivity index (χ3v) is 4.28. The summed E-state index contributed by atoms with van der Waals surface area (Å²) in [5.74, 6) is -1.47. The second-order valence-electron chi connectivity index (χ2n) is 6.20. The molecule has 0 atom stereocenters. The predicted molar refractivity (Wildman–Crippen MR) is 92.7 cm³/mol. The van der Waals surface area contributed by atoms with Crippen LogP contribution in [0.4, 0.5) is 13.2 Å². The Kier molecular flexibility index (Phi) is 5.85. The van der Waals surface area contributed by atoms with Gasteiger partial charge in [0.1, 0.15) is 6.54 Å². The molecule has 0 saturated carbocycles. The lowest BCUT2D eigenvalue weighted by Crippen LogP contribution is -2.35. The van der Waals surface area contributed by atoms with E-state index in [1.165, 1.54) is 0 Å². The molecule has 8 nitrogen and oxygen atoms in total. The van der Waals surface area contributed by atoms with E-state index in [1.807, 2.05) is 0 Å². The van der Waals surface area contributed by atoms with E-state index in [2.05, 4.69) is 15.3 Å². The van der Waals surface area contributed by atoms with Crippen molar-refractivity contribution >= 4 is 24.5 Å². The van der Waals surface area contributed by atoms with Gasteiger partial charge >= 0.3 is 19.3 Å². The van der Waals surface area contributed by atoms with Crippen molar-refractivity contribution < 1.29 is 37.2 Å². The van der Waals surface area contributed by atoms with Gasteiger partial charge < -0.3 is 19.7 Å². The second kappa shape index (κ2) is 8.17. The van der Waals surface area contributed by atoms with E-state index in [4.69, 9.17) is 9.39 Å². The minimum atomic E-state index is -4.56. The minimum Gasteiger partial charge on any atom is -0.456 e. The Hall–Kier alpha value is -2.99. The van der Waals surface area contributed by atoms with E-state index < -0.39 is 43.9 Å². The molecule has 2 heterocycles. The quantitative estimate of drug-likeness (QED) is 0.547. The van der Waals surface area contributed by atoms with Crippen molar-refractivity contribution in [3.8, 4) is 0 Å². The number of nitrogens with zero attached hydrogens (tertiary/aromatic N) is 2. The van der Waals surface area contributed by atoms with E-state index in [9.17, 15) is 27.8 Å². The first-order chi connectivity index (χ1) is 13.7. The number of aromatic nitrogens is 2. The van der Waals surface area contributed by atoms with Crippen molar-refractivity contribution in [2.75, 3.05) is 6.54 Å². The Bertz CT molecular complexity index is 937. The number of esters is 1. The molecule has 1 amide bonds. The number of benzene rings is 1. The third-order valence-electron chi connectivity index (χ3n) is 4.28. The number of ether oxygens (including phenoxy) is 1. The predicted octanol–water partition coefficient (Wildman–Crippen LogP) is 0.495. The van der Waals surface area contributed by atoms with Crippen LogP contribution < -0.4 is 10.8 Å². The first-order valence-electron chi connectivity index (χ1n) is 8.41. The molecule has 0 fully saturated rings. The summed E-state index contributed by atoms with van der Waals surface area (Å²) in [4.78, 5) is 31.0. The van der Waals surface area contributed by atoms with Gasteiger partial charge in [-0.25, -0.2) is 9.97 Å². The zero-order chi connectivity index (χ0) is 21.2. The maximum Gasteiger partial charge on any atom is 0.492 e. The monoisotopic (exact) mass is 409 g/mol. The standard InChI is InChI=1S/C17H15BF3N3O5/c1-9-12(3-2-10-7-29-18(27)15(9)10)16(26)24-6-14(25)28-8-13-22-4-11(5-23-13)17(19,20)21/h2-5,27H,6-8H2,1H3,(H,24,26). The van der Waals surface area contributed by atoms with Gasteiger partial charge in [0, 0.05) is 18.0 Å². The van der Waals surface area contributed by atoms with Gasteiger partial charge in [-0.05, 0) is 29.6 Å². The van der Waals surface area contributed by atoms with Gasteiger partial charge in [-0.15, -0.1) is 0 Å². The molecule has 1 aliphatic rings. The smallest absolute Gasteiger partial charge is 0.456 e. The number of carbonyl (C=O) groups excluding carboxylic acids is 2. The van der Waals surface area contributed by atoms with Crippen molar-refractivity contribution in [2.45, 2.75) is 26.3 Å². The van der Waals surface area contributed by atoms with Crippen molar-refractivity contribution in [3.05, 3.63) is 52.6 Å². The lowest BCUT2D eigenvalue weighted by Gasteiger charge is -2.11. The number of hydrogen-bond donors (Lipinski definition) is 2. The highest BCUT2D eigenvalue weighted by Crippen LogP contribution is 2.27. The molecular formula is C17H15BF3N3O5. The van der Waals surface area contributed by atoms with Crippen LogP contribution in [0.1, 0.15) is 32.9 Å². The summed E-state index contributed by atoms with van der Waals surface area (Å²) < 4.78 is 47.3. The molecule has 12 heteroatoms. The van der Waals surface area contributed by atoms with Gasteiger partial charge in [-0.3, -0.25) is 9.59 Å². The Morgan fingerprint density at radius 2 is 2.00 bits per heavy atom. The first-order valence-corrected chi connectivity index (χ1v) is 8.41. The van der Waals surface area contributed by atoms with E-state index in [1.54, 1.807) is 19.1 Å². The summed E-state index contributed by atoms with van der Waals surface area (Å²) in [5, 5.41) is 12.2. The van der Waals surface area contributed by atoms with Crippen molar-refractivity contribution in [2.24, 2.45) is 0 Å². The van der Waals surface area contributed by atoms with Crippen LogP contribution in [0.3, 0.4) is 0 Å². The fraction of sp³-hybridized carbons (Fsp3) is 0.294. The summed E-state index contributed by atoms with van der Waals surface area (Å²) in [6, 6.07) is 3.22. The number of fused-ring (bicyclic) bond motifs is 1. The van der Waals surface area contributed by atoms with Crippen LogP contribution in [0.25, 0.3) is 0 Å². The molecule has 0 bridgehead atoms. The molecule has 152 valence electrons. The van der Waals surface area contributed by atoms with Crippen LogP contribution in [-0.4, -0.2) is 40.5 Å². The molecule has 0 aliphatic carbocycles. The van der Waals surface area contributed by atoms with Gasteiger partial charge in [0.15, 0.2) is 12.4 Å². The maximum absolute atomic E-state index is 12.4. The zero-order valence-corrected chi connectivity index (χ0v) is 15.1. The number of nitrogens with one attached hydrogen (secondary N) is 1. The van der Waals surface area contributed by atoms with E-state index in [0.29, 0.717) is 23.4 Å². The SMILES string of the molecule is Cc1c(C(=O)NCC(=O)OCc2ncc(C(F)(F)F)cn2)ccc2c1B(O)OC2. The molecule has 0 spiro atoms. The fourth-order valence-electron chi connectivity index (χ4n) is 2.77. The molecule has 3 rings (SSSR count). The molecule has 29 heavy (non-hydrogen) atoms. The van der Waals surface area contributed by atoms with E-state index in [0.717, 1.165) is 5.56 Å². The van der Waals surface area contributed by atoms with Crippen LogP contribution in [-0.2, 0) is 33.6 Å². The molecule has 0 unspecified atom stereocenters. The maximum atomic E-state index is 12.4. The van der Waals surface area contributed by atoms with Crippen molar-refractivity contribution in [1.29, 1.82) is 0 Å². The topological polar surface area (TPSA) is 111 Å². The Balaban J connectivity index is 1.52. The summed E-state index contributed by atoms with van der Waals surface area (Å²) in [5.41, 5.74) is 1.10. The summed E-state index contributed by atoms with van der Waals surface area (Å²) in [7, 11) is -1.11. The van der Waals surface area contributed by atoms with Crippen molar-refractivity contribution in [1.82, 2.24) is 15.3 Å². The zero-order valence-electron chi connectivity index (χ0n) is 15.1. The van der Waals surface area contributed by atoms with Gasteiger partial charge in [0.2, 0.25) is 0 Å². The minimum absolute atomic E-state index is 0.110. The molecule has 2 N–H and O–H groups in total. The normalized spacial score (nSPS) is 13.2. The summed E-state index contributed by atoms with van der Waals surface area (Å²) in [6.45, 7) is 1.01. The van der Waals surface area contributed by atoms with Crippen LogP contribution in [0, 0.1) is 6.92 Å². The summed E-state index contributed by atoms with van der Waals surface area (Å²) in [6.07, 6.45) is -3.38. The Labute approximate surface area is 163 Å². The largest absolute Gasteiger partial charge is 0.492 e. The third kappa shape index (κ3) is 4.71. The highest BCUT2D eigenvalue weighted by molar-refractivity contribution is 6.62. The average molecular weight is 409 g/mol. The van der Waals surface area contributed by atoms with Gasteiger partial charge in [-0.1, -0.05) is 6.07 Å². The van der Waals surface area contributed by atoms with Gasteiger partial charge in [0.05, 0.1) is 12.2 Å². The number of rotatable bonds is 5. The first kappa shape index (κ1) is 20.7. The molecule has 0 saturated heterocycles. The number of amides is 1. The van der Waals surface area contributed by atoms with Crippen molar-refractivity contribution in [3.63, 3.8) is 0 Å². The molecule has 2 aromatic rings. The second-order valence-corrected chi connectivity index (χ2v) is 6.20. The summed E-state index contributed by atoms with van der Waals surface area (Å²) >= 11 is 0. The fourth-order valence-corrected chi connectivity index (χ4v) is 2.77. The van der Waals surface area contributed by atoms with Crippen LogP contribution >= 0.6 is 0 Å². The lowest BCUT2D eigenvalue weighted by molar-refractivity contribution is -0.144. The molecule has 1 aromatic carbocycles. The van der Waals surface area contributed by atoms with Crippen LogP contribution in [0.2, 0.25) is 0 Å². The molecule has 1 aromatic heterocycles. The lowest BCUT2D eigenvalue weighted by atomic mass is 9.75. The molecule has 0 radical (unpaired) electrons. The van der Waals surface area contributed by atoms with Gasteiger partial charge in [0.25, 0.3) is 5.91 Å². The molecule has 1 aliphatic heterocycles. The number of halogens is 3. The Morgan fingerprint density at radius 1 is 1.31 bits per heavy atom. The van der Waals surface area contributed by atoms with Crippen LogP contribution in [0.5, 0.6) is 0 Å². The number of hydrogen-bond acceptors (Lipinski definition) is 7. The number of carbonyl (C=O) groups is 2. The average Bonchev–Trinajstić information content (AvgIpc) is 3.06.